The second-order valence-electron chi connectivity index (χ2n) is 3.91. The Morgan fingerprint density at radius 2 is 2.12 bits per heavy atom. The molecule has 0 fully saturated rings. The highest BCUT2D eigenvalue weighted by Crippen LogP contribution is 2.11. The maximum Gasteiger partial charge on any atom is 0.158 e. The van der Waals surface area contributed by atoms with Crippen LogP contribution in [-0.2, 0) is 11.3 Å². The molecule has 0 aromatic carbocycles. The highest BCUT2D eigenvalue weighted by molar-refractivity contribution is 5.47. The predicted octanol–water partition coefficient (Wildman–Crippen LogP) is 0.705. The van der Waals surface area contributed by atoms with Gasteiger partial charge in [0.05, 0.1) is 0 Å². The number of hydrogen-bond acceptors (Lipinski definition) is 6. The number of aliphatic hydroxyl groups is 1. The molecule has 0 amide bonds. The predicted molar refractivity (Wildman–Crippen MR) is 67.0 cm³/mol. The molecule has 0 bridgehead atoms. The molecule has 0 radical (unpaired) electrons. The second kappa shape index (κ2) is 7.03. The van der Waals surface area contributed by atoms with E-state index in [2.05, 4.69) is 20.6 Å². The van der Waals surface area contributed by atoms with Crippen LogP contribution in [0.2, 0.25) is 0 Å². The lowest BCUT2D eigenvalue weighted by atomic mass is 10.2. The van der Waals surface area contributed by atoms with Crippen LogP contribution in [0.5, 0.6) is 0 Å². The lowest BCUT2D eigenvalue weighted by Gasteiger charge is -2.12. The second-order valence-corrected chi connectivity index (χ2v) is 3.91. The fourth-order valence-corrected chi connectivity index (χ4v) is 1.25. The molecule has 17 heavy (non-hydrogen) atoms. The van der Waals surface area contributed by atoms with Crippen LogP contribution in [0.3, 0.4) is 0 Å². The van der Waals surface area contributed by atoms with Crippen molar-refractivity contribution >= 4 is 11.6 Å². The van der Waals surface area contributed by atoms with Gasteiger partial charge in [-0.2, -0.15) is 0 Å². The molecule has 0 aliphatic rings. The van der Waals surface area contributed by atoms with E-state index in [-0.39, 0.29) is 12.5 Å². The minimum absolute atomic E-state index is 0.155. The Morgan fingerprint density at radius 3 is 2.71 bits per heavy atom. The van der Waals surface area contributed by atoms with E-state index in [1.165, 1.54) is 0 Å². The fourth-order valence-electron chi connectivity index (χ4n) is 1.25. The average molecular weight is 240 g/mol. The third kappa shape index (κ3) is 4.54. The van der Waals surface area contributed by atoms with Crippen LogP contribution in [-0.4, -0.2) is 42.4 Å². The van der Waals surface area contributed by atoms with Crippen molar-refractivity contribution in [3.63, 3.8) is 0 Å². The fraction of sp³-hybridized carbons (Fsp3) is 0.636. The maximum atomic E-state index is 8.95. The zero-order valence-corrected chi connectivity index (χ0v) is 10.5. The maximum absolute atomic E-state index is 8.95. The number of hydrogen-bond donors (Lipinski definition) is 3. The van der Waals surface area contributed by atoms with Gasteiger partial charge in [-0.1, -0.05) is 6.92 Å². The van der Waals surface area contributed by atoms with Gasteiger partial charge in [-0.25, -0.2) is 9.97 Å². The Morgan fingerprint density at radius 1 is 1.41 bits per heavy atom. The molecule has 1 rings (SSSR count). The van der Waals surface area contributed by atoms with E-state index >= 15 is 0 Å². The molecule has 0 aliphatic carbocycles. The summed E-state index contributed by atoms with van der Waals surface area (Å²) in [5.74, 6) is 2.29. The quantitative estimate of drug-likeness (QED) is 0.651. The first kappa shape index (κ1) is 13.7. The third-order valence-corrected chi connectivity index (χ3v) is 2.25. The minimum atomic E-state index is 0.155. The first-order valence-electron chi connectivity index (χ1n) is 5.59. The van der Waals surface area contributed by atoms with Crippen LogP contribution in [0.1, 0.15) is 12.7 Å². The molecule has 1 aromatic heterocycles. The lowest BCUT2D eigenvalue weighted by Crippen LogP contribution is -2.16. The normalized spacial score (nSPS) is 12.2. The van der Waals surface area contributed by atoms with Crippen LogP contribution in [0.4, 0.5) is 11.6 Å². The average Bonchev–Trinajstić information content (AvgIpc) is 2.36. The van der Waals surface area contributed by atoms with Crippen LogP contribution in [0.15, 0.2) is 6.07 Å². The zero-order valence-electron chi connectivity index (χ0n) is 10.5. The molecule has 6 nitrogen and oxygen atoms in total. The van der Waals surface area contributed by atoms with E-state index in [9.17, 15) is 0 Å². The van der Waals surface area contributed by atoms with Gasteiger partial charge in [-0.3, -0.25) is 0 Å². The van der Waals surface area contributed by atoms with E-state index in [0.717, 1.165) is 11.6 Å². The Balaban J connectivity index is 2.72. The molecule has 3 N–H and O–H groups in total. The summed E-state index contributed by atoms with van der Waals surface area (Å²) in [5, 5.41) is 15.1. The highest BCUT2D eigenvalue weighted by atomic mass is 16.5. The molecule has 96 valence electrons. The third-order valence-electron chi connectivity index (χ3n) is 2.25. The van der Waals surface area contributed by atoms with E-state index in [1.807, 2.05) is 13.0 Å². The molecule has 0 saturated heterocycles. The van der Waals surface area contributed by atoms with Crippen molar-refractivity contribution < 1.29 is 9.84 Å². The summed E-state index contributed by atoms with van der Waals surface area (Å²) in [6, 6.07) is 1.82. The Labute approximate surface area is 101 Å². The standard InChI is InChI=1S/C11H20N4O2/c1-8(6-16)5-13-10-4-9(12-2)14-11(15-10)7-17-3/h4,8,16H,5-7H2,1-3H3,(H2,12,13,14,15). The number of rotatable bonds is 7. The van der Waals surface area contributed by atoms with Crippen molar-refractivity contribution in [2.45, 2.75) is 13.5 Å². The summed E-state index contributed by atoms with van der Waals surface area (Å²) in [6.45, 7) is 3.16. The monoisotopic (exact) mass is 240 g/mol. The summed E-state index contributed by atoms with van der Waals surface area (Å²) in [4.78, 5) is 8.56. The van der Waals surface area contributed by atoms with Gasteiger partial charge < -0.3 is 20.5 Å². The molecule has 1 atom stereocenters. The van der Waals surface area contributed by atoms with E-state index < -0.39 is 0 Å². The highest BCUT2D eigenvalue weighted by Gasteiger charge is 2.05. The van der Waals surface area contributed by atoms with Gasteiger partial charge in [-0.05, 0) is 5.92 Å². The van der Waals surface area contributed by atoms with Crippen LogP contribution in [0.25, 0.3) is 0 Å². The van der Waals surface area contributed by atoms with Crippen molar-refractivity contribution in [1.82, 2.24) is 9.97 Å². The van der Waals surface area contributed by atoms with Crippen LogP contribution < -0.4 is 10.6 Å². The van der Waals surface area contributed by atoms with Crippen molar-refractivity contribution in [1.29, 1.82) is 0 Å². The Bertz CT molecular complexity index is 346. The summed E-state index contributed by atoms with van der Waals surface area (Å²) in [6.07, 6.45) is 0. The van der Waals surface area contributed by atoms with Crippen molar-refractivity contribution in [2.24, 2.45) is 5.92 Å². The Kier molecular flexibility index (Phi) is 5.65. The molecule has 0 saturated carbocycles. The first-order valence-corrected chi connectivity index (χ1v) is 5.59. The number of aromatic nitrogens is 2. The molecular weight excluding hydrogens is 220 g/mol. The van der Waals surface area contributed by atoms with Crippen molar-refractivity contribution in [3.05, 3.63) is 11.9 Å². The number of nitrogens with zero attached hydrogens (tertiary/aromatic N) is 2. The van der Waals surface area contributed by atoms with Gasteiger partial charge in [0.1, 0.15) is 18.2 Å². The van der Waals surface area contributed by atoms with Crippen molar-refractivity contribution in [2.75, 3.05) is 37.9 Å². The Hall–Kier alpha value is -1.40. The molecule has 6 heteroatoms. The van der Waals surface area contributed by atoms with Gasteiger partial charge in [0.15, 0.2) is 5.82 Å². The number of methoxy groups -OCH3 is 1. The van der Waals surface area contributed by atoms with E-state index in [4.69, 9.17) is 9.84 Å². The summed E-state index contributed by atoms with van der Waals surface area (Å²) >= 11 is 0. The molecule has 1 heterocycles. The number of aliphatic hydroxyl groups excluding tert-OH is 1. The summed E-state index contributed by atoms with van der Waals surface area (Å²) in [7, 11) is 3.41. The molecule has 0 spiro atoms. The van der Waals surface area contributed by atoms with Crippen molar-refractivity contribution in [3.8, 4) is 0 Å². The van der Waals surface area contributed by atoms with E-state index in [0.29, 0.717) is 19.0 Å². The molecule has 0 aliphatic heterocycles. The molecule has 1 unspecified atom stereocenters. The zero-order chi connectivity index (χ0) is 12.7. The largest absolute Gasteiger partial charge is 0.396 e. The molecular formula is C11H20N4O2. The molecule has 1 aromatic rings. The van der Waals surface area contributed by atoms with Gasteiger partial charge in [0, 0.05) is 33.4 Å². The number of ether oxygens (including phenoxy) is 1. The van der Waals surface area contributed by atoms with Gasteiger partial charge in [-0.15, -0.1) is 0 Å². The van der Waals surface area contributed by atoms with Crippen LogP contribution in [0, 0.1) is 5.92 Å². The minimum Gasteiger partial charge on any atom is -0.396 e. The first-order chi connectivity index (χ1) is 8.19. The summed E-state index contributed by atoms with van der Waals surface area (Å²) < 4.78 is 5.01. The van der Waals surface area contributed by atoms with Gasteiger partial charge >= 0.3 is 0 Å². The van der Waals surface area contributed by atoms with E-state index in [1.54, 1.807) is 14.2 Å². The smallest absolute Gasteiger partial charge is 0.158 e. The SMILES string of the molecule is CNc1cc(NCC(C)CO)nc(COC)n1. The van der Waals surface area contributed by atoms with Gasteiger partial charge in [0.2, 0.25) is 0 Å². The van der Waals surface area contributed by atoms with Gasteiger partial charge in [0.25, 0.3) is 0 Å². The summed E-state index contributed by atoms with van der Waals surface area (Å²) in [5.41, 5.74) is 0. The lowest BCUT2D eigenvalue weighted by molar-refractivity contribution is 0.178. The number of anilines is 2. The van der Waals surface area contributed by atoms with Crippen LogP contribution >= 0.6 is 0 Å². The number of nitrogens with one attached hydrogen (secondary N) is 2. The topological polar surface area (TPSA) is 79.3 Å².